The number of hydrogen-bond donors (Lipinski definition) is 0. The van der Waals surface area contributed by atoms with E-state index in [1.807, 2.05) is 60.7 Å². The number of benzene rings is 7. The number of furan rings is 2. The largest absolute Gasteiger partial charge is 0.453 e. The molecule has 5 nitrogen and oxygen atoms in total. The van der Waals surface area contributed by atoms with Crippen molar-refractivity contribution in [3.8, 4) is 56.8 Å². The van der Waals surface area contributed by atoms with Gasteiger partial charge in [-0.3, -0.25) is 0 Å². The molecular weight excluding hydrogens is 739 g/mol. The van der Waals surface area contributed by atoms with Crippen LogP contribution in [0.3, 0.4) is 0 Å². The highest BCUT2D eigenvalue weighted by Gasteiger charge is 2.46. The van der Waals surface area contributed by atoms with Crippen molar-refractivity contribution < 1.29 is 8.83 Å². The molecule has 0 bridgehead atoms. The summed E-state index contributed by atoms with van der Waals surface area (Å²) in [7, 11) is -1.64. The van der Waals surface area contributed by atoms with Gasteiger partial charge >= 0.3 is 0 Å². The first-order valence-electron chi connectivity index (χ1n) is 20.1. The molecule has 0 amide bonds. The van der Waals surface area contributed by atoms with Gasteiger partial charge in [-0.25, -0.2) is 15.0 Å². The topological polar surface area (TPSA) is 65.0 Å². The predicted octanol–water partition coefficient (Wildman–Crippen LogP) is 12.9. The summed E-state index contributed by atoms with van der Waals surface area (Å²) in [6.07, 6.45) is 0. The second kappa shape index (κ2) is 13.5. The number of nitrogens with zero attached hydrogens (tertiary/aromatic N) is 3. The fourth-order valence-corrected chi connectivity index (χ4v) is 10.1. The van der Waals surface area contributed by atoms with Crippen LogP contribution in [0.5, 0.6) is 0 Å². The van der Waals surface area contributed by atoms with Crippen molar-refractivity contribution in [1.29, 1.82) is 0 Å². The van der Waals surface area contributed by atoms with Crippen LogP contribution >= 0.6 is 0 Å². The number of fused-ring (bicyclic) bond motifs is 5. The molecule has 0 atom stereocenters. The quantitative estimate of drug-likeness (QED) is 0.151. The molecule has 0 saturated carbocycles. The second-order valence-corrected chi connectivity index (χ2v) is 21.5. The molecule has 0 N–H and O–H groups in total. The Hall–Kier alpha value is -7.15. The molecule has 1 aliphatic carbocycles. The van der Waals surface area contributed by atoms with Gasteiger partial charge in [-0.2, -0.15) is 0 Å². The van der Waals surface area contributed by atoms with E-state index in [2.05, 4.69) is 141 Å². The van der Waals surface area contributed by atoms with Crippen molar-refractivity contribution in [3.63, 3.8) is 0 Å². The lowest BCUT2D eigenvalue weighted by Gasteiger charge is -2.34. The van der Waals surface area contributed by atoms with E-state index in [0.29, 0.717) is 29.0 Å². The van der Waals surface area contributed by atoms with Crippen LogP contribution in [0.1, 0.15) is 22.3 Å². The zero-order valence-electron chi connectivity index (χ0n) is 33.0. The maximum absolute atomic E-state index is 6.29. The minimum absolute atomic E-state index is 0.442. The molecule has 0 aliphatic heterocycles. The van der Waals surface area contributed by atoms with Crippen LogP contribution < -0.4 is 5.19 Å². The molecule has 0 fully saturated rings. The molecule has 7 aromatic carbocycles. The standard InChI is InChI=1S/C53H39N3O2Si/c1-59(2,3)41-26-28-45-43(33-41)42-30-35(25-27-44(42)53(45,39-19-6-4-7-20-39)40-21-8-5-9-22-40)34-17-14-18-38(29-34)50-54-51(48-31-36-15-10-12-23-46(36)57-48)56-52(55-50)49-32-37-16-11-13-24-47(37)58-49/h4-33H,1-3H3. The molecule has 59 heavy (non-hydrogen) atoms. The van der Waals surface area contributed by atoms with E-state index < -0.39 is 13.5 Å². The minimum atomic E-state index is -1.64. The Bertz CT molecular complexity index is 3020. The third-order valence-corrected chi connectivity index (χ3v) is 13.8. The normalized spacial score (nSPS) is 13.1. The smallest absolute Gasteiger partial charge is 0.199 e. The lowest BCUT2D eigenvalue weighted by molar-refractivity contribution is 0.617. The monoisotopic (exact) mass is 777 g/mol. The third-order valence-electron chi connectivity index (χ3n) is 11.8. The maximum atomic E-state index is 6.29. The molecule has 0 saturated heterocycles. The van der Waals surface area contributed by atoms with Crippen molar-refractivity contribution in [2.24, 2.45) is 0 Å². The summed E-state index contributed by atoms with van der Waals surface area (Å²) in [6, 6.07) is 64.6. The van der Waals surface area contributed by atoms with E-state index in [-0.39, 0.29) is 0 Å². The van der Waals surface area contributed by atoms with Gasteiger partial charge in [0.05, 0.1) is 13.5 Å². The molecule has 0 unspecified atom stereocenters. The predicted molar refractivity (Wildman–Crippen MR) is 241 cm³/mol. The van der Waals surface area contributed by atoms with Gasteiger partial charge in [-0.1, -0.05) is 170 Å². The number of hydrogen-bond acceptors (Lipinski definition) is 5. The Labute approximate surface area is 343 Å². The van der Waals surface area contributed by atoms with E-state index >= 15 is 0 Å². The summed E-state index contributed by atoms with van der Waals surface area (Å²) in [4.78, 5) is 15.0. The molecule has 11 rings (SSSR count). The highest BCUT2D eigenvalue weighted by molar-refractivity contribution is 6.88. The van der Waals surface area contributed by atoms with Gasteiger partial charge in [-0.15, -0.1) is 0 Å². The van der Waals surface area contributed by atoms with Crippen LogP contribution in [0.15, 0.2) is 191 Å². The lowest BCUT2D eigenvalue weighted by Crippen LogP contribution is -2.38. The van der Waals surface area contributed by atoms with Gasteiger partial charge in [0.1, 0.15) is 11.2 Å². The van der Waals surface area contributed by atoms with E-state index in [1.54, 1.807) is 0 Å². The molecule has 6 heteroatoms. The van der Waals surface area contributed by atoms with E-state index in [0.717, 1.165) is 38.6 Å². The Balaban J connectivity index is 1.08. The van der Waals surface area contributed by atoms with Crippen molar-refractivity contribution in [2.45, 2.75) is 25.1 Å². The molecular formula is C53H39N3O2Si. The summed E-state index contributed by atoms with van der Waals surface area (Å²) >= 11 is 0. The first-order chi connectivity index (χ1) is 28.8. The number of aromatic nitrogens is 3. The van der Waals surface area contributed by atoms with Crippen LogP contribution in [0.25, 0.3) is 78.7 Å². The average Bonchev–Trinajstić information content (AvgIpc) is 4.00. The Morgan fingerprint density at radius 1 is 0.407 bits per heavy atom. The fraction of sp³-hybridized carbons (Fsp3) is 0.0755. The van der Waals surface area contributed by atoms with Crippen LogP contribution in [0, 0.1) is 0 Å². The molecule has 1 aliphatic rings. The van der Waals surface area contributed by atoms with Crippen LogP contribution in [0.4, 0.5) is 0 Å². The molecule has 3 aromatic heterocycles. The lowest BCUT2D eigenvalue weighted by atomic mass is 9.67. The Morgan fingerprint density at radius 2 is 0.898 bits per heavy atom. The highest BCUT2D eigenvalue weighted by Crippen LogP contribution is 2.56. The summed E-state index contributed by atoms with van der Waals surface area (Å²) < 4.78 is 12.6. The Morgan fingerprint density at radius 3 is 1.47 bits per heavy atom. The first kappa shape index (κ1) is 35.0. The summed E-state index contributed by atoms with van der Waals surface area (Å²) in [5.41, 5.74) is 11.8. The van der Waals surface area contributed by atoms with E-state index in [4.69, 9.17) is 23.8 Å². The zero-order chi connectivity index (χ0) is 39.7. The molecule has 282 valence electrons. The fourth-order valence-electron chi connectivity index (χ4n) is 8.89. The first-order valence-corrected chi connectivity index (χ1v) is 23.6. The van der Waals surface area contributed by atoms with Gasteiger partial charge in [0, 0.05) is 16.3 Å². The van der Waals surface area contributed by atoms with Gasteiger partial charge < -0.3 is 8.83 Å². The zero-order valence-corrected chi connectivity index (χ0v) is 34.0. The number of para-hydroxylation sites is 2. The van der Waals surface area contributed by atoms with Gasteiger partial charge in [-0.05, 0) is 80.9 Å². The van der Waals surface area contributed by atoms with Crippen molar-refractivity contribution in [1.82, 2.24) is 15.0 Å². The van der Waals surface area contributed by atoms with Gasteiger partial charge in [0.2, 0.25) is 0 Å². The summed E-state index contributed by atoms with van der Waals surface area (Å²) in [5, 5.41) is 3.41. The van der Waals surface area contributed by atoms with Crippen molar-refractivity contribution in [3.05, 3.63) is 204 Å². The molecule has 0 spiro atoms. The van der Waals surface area contributed by atoms with Crippen molar-refractivity contribution >= 4 is 35.2 Å². The van der Waals surface area contributed by atoms with Gasteiger partial charge in [0.15, 0.2) is 29.0 Å². The SMILES string of the molecule is C[Si](C)(C)c1ccc2c(c1)-c1cc(-c3cccc(-c4nc(-c5cc6ccccc6o5)nc(-c5cc6ccccc6o5)n4)c3)ccc1C2(c1ccccc1)c1ccccc1. The Kier molecular flexibility index (Phi) is 8.00. The van der Waals surface area contributed by atoms with Crippen molar-refractivity contribution in [2.75, 3.05) is 0 Å². The van der Waals surface area contributed by atoms with E-state index in [9.17, 15) is 0 Å². The average molecular weight is 778 g/mol. The third kappa shape index (κ3) is 5.78. The van der Waals surface area contributed by atoms with Crippen LogP contribution in [-0.4, -0.2) is 23.0 Å². The summed E-state index contributed by atoms with van der Waals surface area (Å²) in [5.74, 6) is 2.55. The maximum Gasteiger partial charge on any atom is 0.199 e. The van der Waals surface area contributed by atoms with Gasteiger partial charge in [0.25, 0.3) is 0 Å². The molecule has 0 radical (unpaired) electrons. The molecule has 10 aromatic rings. The number of rotatable bonds is 7. The minimum Gasteiger partial charge on any atom is -0.453 e. The van der Waals surface area contributed by atoms with Crippen LogP contribution in [0.2, 0.25) is 19.6 Å². The highest BCUT2D eigenvalue weighted by atomic mass is 28.3. The second-order valence-electron chi connectivity index (χ2n) is 16.4. The molecule has 3 heterocycles. The summed E-state index contributed by atoms with van der Waals surface area (Å²) in [6.45, 7) is 7.28. The van der Waals surface area contributed by atoms with Crippen LogP contribution in [-0.2, 0) is 5.41 Å². The van der Waals surface area contributed by atoms with E-state index in [1.165, 1.54) is 38.6 Å².